The van der Waals surface area contributed by atoms with Gasteiger partial charge in [-0.1, -0.05) is 0 Å². The third kappa shape index (κ3) is 3.98. The summed E-state index contributed by atoms with van der Waals surface area (Å²) in [4.78, 5) is 0. The van der Waals surface area contributed by atoms with Gasteiger partial charge in [0.25, 0.3) is 10.0 Å². The van der Waals surface area contributed by atoms with Crippen LogP contribution in [0.15, 0.2) is 11.2 Å². The molecule has 0 amide bonds. The third-order valence-electron chi connectivity index (χ3n) is 1.78. The van der Waals surface area contributed by atoms with Crippen LogP contribution in [0.5, 0.6) is 0 Å². The zero-order valence-electron chi connectivity index (χ0n) is 8.80. The first kappa shape index (κ1) is 13.9. The number of sulfonamides is 1. The van der Waals surface area contributed by atoms with E-state index >= 15 is 0 Å². The van der Waals surface area contributed by atoms with Crippen LogP contribution in [0.25, 0.3) is 0 Å². The van der Waals surface area contributed by atoms with E-state index in [1.807, 2.05) is 0 Å². The molecule has 1 aromatic heterocycles. The lowest BCUT2D eigenvalue weighted by Gasteiger charge is -2.09. The van der Waals surface area contributed by atoms with Gasteiger partial charge < -0.3 is 5.32 Å². The zero-order chi connectivity index (χ0) is 13.1. The Morgan fingerprint density at radius 1 is 1.47 bits per heavy atom. The van der Waals surface area contributed by atoms with E-state index in [4.69, 9.17) is 0 Å². The van der Waals surface area contributed by atoms with Crippen LogP contribution in [0.4, 0.5) is 13.2 Å². The van der Waals surface area contributed by atoms with Crippen LogP contribution in [-0.4, -0.2) is 38.4 Å². The van der Waals surface area contributed by atoms with Crippen molar-refractivity contribution in [3.63, 3.8) is 0 Å². The normalized spacial score (nSPS) is 12.9. The summed E-state index contributed by atoms with van der Waals surface area (Å²) in [6.45, 7) is -1.44. The number of alkyl halides is 3. The van der Waals surface area contributed by atoms with E-state index in [1.54, 1.807) is 7.05 Å². The SMILES string of the molecule is CNCc1cn[nH]c1S(=O)(=O)NCC(F)(F)F. The molecule has 98 valence electrons. The molecule has 0 aliphatic rings. The molecule has 6 nitrogen and oxygen atoms in total. The van der Waals surface area contributed by atoms with Crippen molar-refractivity contribution in [3.05, 3.63) is 11.8 Å². The molecule has 0 fully saturated rings. The number of halogens is 3. The fraction of sp³-hybridized carbons (Fsp3) is 0.571. The van der Waals surface area contributed by atoms with Crippen LogP contribution in [0.1, 0.15) is 5.56 Å². The van der Waals surface area contributed by atoms with Crippen molar-refractivity contribution in [2.75, 3.05) is 13.6 Å². The lowest BCUT2D eigenvalue weighted by Crippen LogP contribution is -2.34. The number of aromatic amines is 1. The topological polar surface area (TPSA) is 86.9 Å². The van der Waals surface area contributed by atoms with E-state index in [9.17, 15) is 21.6 Å². The Kier molecular flexibility index (Phi) is 4.11. The molecule has 0 unspecified atom stereocenters. The number of nitrogens with zero attached hydrogens (tertiary/aromatic N) is 1. The highest BCUT2D eigenvalue weighted by atomic mass is 32.2. The van der Waals surface area contributed by atoms with E-state index in [2.05, 4.69) is 15.5 Å². The lowest BCUT2D eigenvalue weighted by atomic mass is 10.4. The molecule has 1 aromatic rings. The maximum atomic E-state index is 11.9. The van der Waals surface area contributed by atoms with Gasteiger partial charge in [0, 0.05) is 12.1 Å². The molecular weight excluding hydrogens is 261 g/mol. The summed E-state index contributed by atoms with van der Waals surface area (Å²) in [5.41, 5.74) is 0.266. The van der Waals surface area contributed by atoms with Crippen molar-refractivity contribution in [2.24, 2.45) is 0 Å². The number of H-pyrrole nitrogens is 1. The Morgan fingerprint density at radius 3 is 2.65 bits per heavy atom. The highest BCUT2D eigenvalue weighted by molar-refractivity contribution is 7.89. The minimum Gasteiger partial charge on any atom is -0.316 e. The molecule has 10 heteroatoms. The molecule has 0 bridgehead atoms. The van der Waals surface area contributed by atoms with Crippen LogP contribution in [0.2, 0.25) is 0 Å². The van der Waals surface area contributed by atoms with E-state index in [0.717, 1.165) is 0 Å². The minimum atomic E-state index is -4.60. The van der Waals surface area contributed by atoms with Crippen LogP contribution in [0.3, 0.4) is 0 Å². The molecule has 0 aromatic carbocycles. The summed E-state index contributed by atoms with van der Waals surface area (Å²) in [5, 5.41) is 7.96. The smallest absolute Gasteiger partial charge is 0.316 e. The summed E-state index contributed by atoms with van der Waals surface area (Å²) in [5.74, 6) is 0. The summed E-state index contributed by atoms with van der Waals surface area (Å²) >= 11 is 0. The summed E-state index contributed by atoms with van der Waals surface area (Å²) in [6.07, 6.45) is -3.37. The number of rotatable bonds is 5. The second-order valence-electron chi connectivity index (χ2n) is 3.19. The molecule has 1 heterocycles. The van der Waals surface area contributed by atoms with Crippen molar-refractivity contribution in [3.8, 4) is 0 Å². The van der Waals surface area contributed by atoms with Crippen LogP contribution in [0, 0.1) is 0 Å². The maximum absolute atomic E-state index is 11.9. The molecule has 0 aliphatic heterocycles. The average molecular weight is 272 g/mol. The van der Waals surface area contributed by atoms with Gasteiger partial charge in [-0.25, -0.2) is 13.1 Å². The van der Waals surface area contributed by atoms with E-state index in [1.165, 1.54) is 10.9 Å². The van der Waals surface area contributed by atoms with Crippen molar-refractivity contribution in [1.29, 1.82) is 0 Å². The monoisotopic (exact) mass is 272 g/mol. The molecule has 0 spiro atoms. The Labute approximate surface area is 95.6 Å². The Balaban J connectivity index is 2.86. The molecule has 0 saturated heterocycles. The summed E-state index contributed by atoms with van der Waals surface area (Å²) in [7, 11) is -2.66. The van der Waals surface area contributed by atoms with E-state index < -0.39 is 22.7 Å². The zero-order valence-corrected chi connectivity index (χ0v) is 9.61. The first-order valence-electron chi connectivity index (χ1n) is 4.49. The van der Waals surface area contributed by atoms with Crippen molar-refractivity contribution in [2.45, 2.75) is 17.7 Å². The van der Waals surface area contributed by atoms with Crippen LogP contribution < -0.4 is 10.0 Å². The average Bonchev–Trinajstić information content (AvgIpc) is 2.63. The van der Waals surface area contributed by atoms with Crippen molar-refractivity contribution >= 4 is 10.0 Å². The van der Waals surface area contributed by atoms with Gasteiger partial charge in [-0.15, -0.1) is 0 Å². The fourth-order valence-electron chi connectivity index (χ4n) is 1.10. The van der Waals surface area contributed by atoms with Gasteiger partial charge in [-0.05, 0) is 7.05 Å². The predicted octanol–water partition coefficient (Wildman–Crippen LogP) is -0.0303. The summed E-state index contributed by atoms with van der Waals surface area (Å²) < 4.78 is 60.2. The number of aromatic nitrogens is 2. The third-order valence-corrected chi connectivity index (χ3v) is 3.19. The first-order valence-corrected chi connectivity index (χ1v) is 5.98. The predicted molar refractivity (Wildman–Crippen MR) is 52.6 cm³/mol. The minimum absolute atomic E-state index is 0.179. The fourth-order valence-corrected chi connectivity index (χ4v) is 2.24. The highest BCUT2D eigenvalue weighted by Crippen LogP contribution is 2.16. The van der Waals surface area contributed by atoms with Crippen molar-refractivity contribution in [1.82, 2.24) is 20.2 Å². The maximum Gasteiger partial charge on any atom is 0.402 e. The van der Waals surface area contributed by atoms with Gasteiger partial charge in [-0.3, -0.25) is 5.10 Å². The van der Waals surface area contributed by atoms with Gasteiger partial charge in [0.2, 0.25) is 0 Å². The van der Waals surface area contributed by atoms with Gasteiger partial charge in [0.05, 0.1) is 6.20 Å². The standard InChI is InChI=1S/C7H11F3N4O2S/c1-11-2-5-3-12-14-6(5)17(15,16)13-4-7(8,9)10/h3,11,13H,2,4H2,1H3,(H,12,14). The van der Waals surface area contributed by atoms with Gasteiger partial charge in [0.15, 0.2) is 5.03 Å². The molecule has 0 atom stereocenters. The van der Waals surface area contributed by atoms with Gasteiger partial charge in [0.1, 0.15) is 6.54 Å². The molecule has 17 heavy (non-hydrogen) atoms. The number of hydrogen-bond acceptors (Lipinski definition) is 4. The van der Waals surface area contributed by atoms with Gasteiger partial charge in [-0.2, -0.15) is 18.3 Å². The lowest BCUT2D eigenvalue weighted by molar-refractivity contribution is -0.121. The molecule has 0 aliphatic carbocycles. The first-order chi connectivity index (χ1) is 7.76. The second kappa shape index (κ2) is 5.02. The molecule has 1 rings (SSSR count). The van der Waals surface area contributed by atoms with Crippen molar-refractivity contribution < 1.29 is 21.6 Å². The highest BCUT2D eigenvalue weighted by Gasteiger charge is 2.31. The number of nitrogens with one attached hydrogen (secondary N) is 3. The molecule has 0 saturated carbocycles. The van der Waals surface area contributed by atoms with E-state index in [-0.39, 0.29) is 17.1 Å². The van der Waals surface area contributed by atoms with E-state index in [0.29, 0.717) is 0 Å². The Hall–Kier alpha value is -1.13. The Bertz CT molecular complexity index is 468. The molecule has 3 N–H and O–H groups in total. The van der Waals surface area contributed by atoms with Crippen LogP contribution in [-0.2, 0) is 16.6 Å². The quantitative estimate of drug-likeness (QED) is 0.702. The number of hydrogen-bond donors (Lipinski definition) is 3. The molecule has 0 radical (unpaired) electrons. The molecular formula is C7H11F3N4O2S. The second-order valence-corrected chi connectivity index (χ2v) is 4.90. The van der Waals surface area contributed by atoms with Crippen LogP contribution >= 0.6 is 0 Å². The van der Waals surface area contributed by atoms with Gasteiger partial charge >= 0.3 is 6.18 Å². The summed E-state index contributed by atoms with van der Waals surface area (Å²) in [6, 6.07) is 0. The Morgan fingerprint density at radius 2 is 2.12 bits per heavy atom. The largest absolute Gasteiger partial charge is 0.402 e.